The Labute approximate surface area is 120 Å². The molecule has 0 aliphatic heterocycles. The van der Waals surface area contributed by atoms with Gasteiger partial charge < -0.3 is 10.6 Å². The average Bonchev–Trinajstić information content (AvgIpc) is 2.36. The first kappa shape index (κ1) is 15.6. The van der Waals surface area contributed by atoms with E-state index in [1.165, 1.54) is 5.56 Å². The fraction of sp³-hybridized carbons (Fsp3) is 0.467. The number of carbonyl (C=O) groups excluding carboxylic acids is 1. The van der Waals surface area contributed by atoms with Crippen molar-refractivity contribution in [3.05, 3.63) is 29.8 Å². The summed E-state index contributed by atoms with van der Waals surface area (Å²) in [5.41, 5.74) is 2.17. The van der Waals surface area contributed by atoms with Crippen LogP contribution < -0.4 is 10.6 Å². The normalized spacial score (nSPS) is 10.3. The molecule has 0 radical (unpaired) electrons. The maximum absolute atomic E-state index is 11.5. The third kappa shape index (κ3) is 5.83. The Morgan fingerprint density at radius 1 is 1.26 bits per heavy atom. The Kier molecular flexibility index (Phi) is 6.50. The molecule has 0 spiro atoms. The number of unbranched alkanes of at least 4 members (excludes halogenated alkanes) is 1. The monoisotopic (exact) mass is 278 g/mol. The predicted molar refractivity (Wildman–Crippen MR) is 84.4 cm³/mol. The highest BCUT2D eigenvalue weighted by molar-refractivity contribution is 7.80. The van der Waals surface area contributed by atoms with Crippen molar-refractivity contribution in [1.82, 2.24) is 5.32 Å². The van der Waals surface area contributed by atoms with Gasteiger partial charge in [0.05, 0.1) is 0 Å². The minimum atomic E-state index is -0.0295. The zero-order valence-electron chi connectivity index (χ0n) is 11.8. The lowest BCUT2D eigenvalue weighted by Crippen LogP contribution is -2.33. The van der Waals surface area contributed by atoms with Crippen LogP contribution in [-0.4, -0.2) is 11.0 Å². The average molecular weight is 278 g/mol. The van der Waals surface area contributed by atoms with Crippen LogP contribution in [-0.2, 0) is 4.79 Å². The quantitative estimate of drug-likeness (QED) is 0.805. The zero-order chi connectivity index (χ0) is 14.3. The molecule has 1 aromatic carbocycles. The first-order valence-corrected chi connectivity index (χ1v) is 7.14. The zero-order valence-corrected chi connectivity index (χ0v) is 12.6. The van der Waals surface area contributed by atoms with E-state index in [1.54, 1.807) is 0 Å². The van der Waals surface area contributed by atoms with Gasteiger partial charge in [-0.3, -0.25) is 4.79 Å². The van der Waals surface area contributed by atoms with E-state index in [-0.39, 0.29) is 5.91 Å². The van der Waals surface area contributed by atoms with Gasteiger partial charge in [-0.2, -0.15) is 0 Å². The van der Waals surface area contributed by atoms with Gasteiger partial charge in [0.25, 0.3) is 0 Å². The maximum atomic E-state index is 11.5. The molecule has 0 bridgehead atoms. The van der Waals surface area contributed by atoms with Gasteiger partial charge in [-0.05, 0) is 42.3 Å². The standard InChI is InChI=1S/C15H22N2OS/c1-4-5-6-14(18)17-15(19)16-13-9-7-12(8-10-13)11(2)3/h7-11H,4-6H2,1-3H3,(H2,16,17,18,19). The highest BCUT2D eigenvalue weighted by Gasteiger charge is 2.04. The molecular weight excluding hydrogens is 256 g/mol. The number of benzene rings is 1. The fourth-order valence-corrected chi connectivity index (χ4v) is 1.87. The Bertz CT molecular complexity index is 426. The van der Waals surface area contributed by atoms with Gasteiger partial charge in [0.15, 0.2) is 5.11 Å². The van der Waals surface area contributed by atoms with E-state index in [0.29, 0.717) is 17.5 Å². The number of thiocarbonyl (C=S) groups is 1. The number of amides is 1. The fourth-order valence-electron chi connectivity index (χ4n) is 1.64. The van der Waals surface area contributed by atoms with Gasteiger partial charge in [0, 0.05) is 12.1 Å². The van der Waals surface area contributed by atoms with Gasteiger partial charge in [0.2, 0.25) is 5.91 Å². The Balaban J connectivity index is 2.46. The minimum absolute atomic E-state index is 0.0295. The Morgan fingerprint density at radius 3 is 2.42 bits per heavy atom. The van der Waals surface area contributed by atoms with Crippen LogP contribution in [0.15, 0.2) is 24.3 Å². The van der Waals surface area contributed by atoms with Crippen LogP contribution in [0.25, 0.3) is 0 Å². The molecule has 1 amide bonds. The summed E-state index contributed by atoms with van der Waals surface area (Å²) in [5.74, 6) is 0.480. The van der Waals surface area contributed by atoms with E-state index >= 15 is 0 Å². The van der Waals surface area contributed by atoms with Crippen LogP contribution in [0.1, 0.15) is 51.5 Å². The van der Waals surface area contributed by atoms with Crippen molar-refractivity contribution in [2.45, 2.75) is 46.0 Å². The van der Waals surface area contributed by atoms with Crippen LogP contribution in [0.2, 0.25) is 0 Å². The van der Waals surface area contributed by atoms with Gasteiger partial charge in [-0.25, -0.2) is 0 Å². The third-order valence-electron chi connectivity index (χ3n) is 2.85. The van der Waals surface area contributed by atoms with E-state index in [2.05, 4.69) is 43.5 Å². The molecule has 0 aromatic heterocycles. The predicted octanol–water partition coefficient (Wildman–Crippen LogP) is 3.81. The lowest BCUT2D eigenvalue weighted by atomic mass is 10.0. The second-order valence-electron chi connectivity index (χ2n) is 4.88. The molecule has 4 heteroatoms. The third-order valence-corrected chi connectivity index (χ3v) is 3.05. The number of hydrogen-bond acceptors (Lipinski definition) is 2. The van der Waals surface area contributed by atoms with Gasteiger partial charge >= 0.3 is 0 Å². The summed E-state index contributed by atoms with van der Waals surface area (Å²) >= 11 is 5.10. The van der Waals surface area contributed by atoms with E-state index in [0.717, 1.165) is 18.5 Å². The molecule has 0 atom stereocenters. The number of nitrogens with one attached hydrogen (secondary N) is 2. The minimum Gasteiger partial charge on any atom is -0.332 e. The van der Waals surface area contributed by atoms with Crippen molar-refractivity contribution in [2.24, 2.45) is 0 Å². The lowest BCUT2D eigenvalue weighted by Gasteiger charge is -2.11. The van der Waals surface area contributed by atoms with Crippen molar-refractivity contribution in [2.75, 3.05) is 5.32 Å². The van der Waals surface area contributed by atoms with Crippen LogP contribution in [0.3, 0.4) is 0 Å². The van der Waals surface area contributed by atoms with Crippen LogP contribution in [0.4, 0.5) is 5.69 Å². The molecule has 1 rings (SSSR count). The summed E-state index contributed by atoms with van der Waals surface area (Å²) in [5, 5.41) is 6.06. The molecule has 104 valence electrons. The Hall–Kier alpha value is -1.42. The molecule has 0 fully saturated rings. The molecular formula is C15H22N2OS. The Morgan fingerprint density at radius 2 is 1.89 bits per heavy atom. The highest BCUT2D eigenvalue weighted by Crippen LogP contribution is 2.16. The molecule has 0 saturated heterocycles. The van der Waals surface area contributed by atoms with Crippen LogP contribution in [0, 0.1) is 0 Å². The molecule has 0 unspecified atom stereocenters. The first-order chi connectivity index (χ1) is 9.02. The molecule has 2 N–H and O–H groups in total. The van der Waals surface area contributed by atoms with Crippen molar-refractivity contribution >= 4 is 28.9 Å². The van der Waals surface area contributed by atoms with E-state index in [1.807, 2.05) is 12.1 Å². The van der Waals surface area contributed by atoms with Crippen LogP contribution >= 0.6 is 12.2 Å². The smallest absolute Gasteiger partial charge is 0.226 e. The van der Waals surface area contributed by atoms with Gasteiger partial charge in [-0.15, -0.1) is 0 Å². The molecule has 0 aliphatic rings. The van der Waals surface area contributed by atoms with Crippen molar-refractivity contribution in [3.8, 4) is 0 Å². The van der Waals surface area contributed by atoms with Crippen molar-refractivity contribution < 1.29 is 4.79 Å². The summed E-state index contributed by atoms with van der Waals surface area (Å²) in [4.78, 5) is 11.5. The number of anilines is 1. The summed E-state index contributed by atoms with van der Waals surface area (Å²) in [6.45, 7) is 6.36. The number of carbonyl (C=O) groups is 1. The largest absolute Gasteiger partial charge is 0.332 e. The van der Waals surface area contributed by atoms with E-state index in [4.69, 9.17) is 12.2 Å². The molecule has 1 aromatic rings. The van der Waals surface area contributed by atoms with Gasteiger partial charge in [-0.1, -0.05) is 39.3 Å². The highest BCUT2D eigenvalue weighted by atomic mass is 32.1. The van der Waals surface area contributed by atoms with Crippen LogP contribution in [0.5, 0.6) is 0 Å². The van der Waals surface area contributed by atoms with Gasteiger partial charge in [0.1, 0.15) is 0 Å². The summed E-state index contributed by atoms with van der Waals surface area (Å²) in [7, 11) is 0. The summed E-state index contributed by atoms with van der Waals surface area (Å²) in [6.07, 6.45) is 2.41. The molecule has 0 aliphatic carbocycles. The topological polar surface area (TPSA) is 41.1 Å². The first-order valence-electron chi connectivity index (χ1n) is 6.73. The second kappa shape index (κ2) is 7.89. The van der Waals surface area contributed by atoms with Crippen molar-refractivity contribution in [3.63, 3.8) is 0 Å². The molecule has 3 nitrogen and oxygen atoms in total. The summed E-state index contributed by atoms with van der Waals surface area (Å²) < 4.78 is 0. The van der Waals surface area contributed by atoms with E-state index < -0.39 is 0 Å². The van der Waals surface area contributed by atoms with E-state index in [9.17, 15) is 4.79 Å². The van der Waals surface area contributed by atoms with Crippen molar-refractivity contribution in [1.29, 1.82) is 0 Å². The summed E-state index contributed by atoms with van der Waals surface area (Å²) in [6, 6.07) is 8.07. The number of hydrogen-bond donors (Lipinski definition) is 2. The SMILES string of the molecule is CCCCC(=O)NC(=S)Nc1ccc(C(C)C)cc1. The molecule has 0 saturated carbocycles. The lowest BCUT2D eigenvalue weighted by molar-refractivity contribution is -0.119. The molecule has 19 heavy (non-hydrogen) atoms. The molecule has 0 heterocycles. The number of rotatable bonds is 5. The maximum Gasteiger partial charge on any atom is 0.226 e. The second-order valence-corrected chi connectivity index (χ2v) is 5.29.